The highest BCUT2D eigenvalue weighted by atomic mass is 16.5. The second kappa shape index (κ2) is 6.98. The van der Waals surface area contributed by atoms with Crippen LogP contribution < -0.4 is 11.1 Å². The molecule has 1 unspecified atom stereocenters. The lowest BCUT2D eigenvalue weighted by Crippen LogP contribution is -2.39. The Morgan fingerprint density at radius 3 is 3.05 bits per heavy atom. The molecule has 0 fully saturated rings. The highest BCUT2D eigenvalue weighted by Crippen LogP contribution is 2.13. The van der Waals surface area contributed by atoms with E-state index >= 15 is 0 Å². The van der Waals surface area contributed by atoms with E-state index < -0.39 is 0 Å². The van der Waals surface area contributed by atoms with Gasteiger partial charge in [-0.3, -0.25) is 9.78 Å². The summed E-state index contributed by atoms with van der Waals surface area (Å²) in [6.07, 6.45) is 2.42. The van der Waals surface area contributed by atoms with Gasteiger partial charge in [0.25, 0.3) is 5.91 Å². The Morgan fingerprint density at radius 2 is 2.30 bits per heavy atom. The molecule has 1 atom stereocenters. The Morgan fingerprint density at radius 1 is 1.45 bits per heavy atom. The smallest absolute Gasteiger partial charge is 0.251 e. The summed E-state index contributed by atoms with van der Waals surface area (Å²) < 4.78 is 5.08. The number of hydrogen-bond acceptors (Lipinski definition) is 4. The van der Waals surface area contributed by atoms with Crippen LogP contribution in [0.3, 0.4) is 0 Å². The average molecular weight is 273 g/mol. The molecule has 0 aliphatic rings. The molecule has 0 aliphatic heterocycles. The normalized spacial score (nSPS) is 12.3. The number of carbonyl (C=O) groups excluding carboxylic acids is 1. The van der Waals surface area contributed by atoms with Crippen LogP contribution in [-0.4, -0.2) is 37.2 Å². The van der Waals surface area contributed by atoms with Crippen molar-refractivity contribution in [1.82, 2.24) is 10.3 Å². The number of aromatic nitrogens is 1. The maximum atomic E-state index is 12.2. The van der Waals surface area contributed by atoms with Gasteiger partial charge in [-0.05, 0) is 37.2 Å². The van der Waals surface area contributed by atoms with Gasteiger partial charge in [0.05, 0.1) is 18.2 Å². The molecule has 0 radical (unpaired) electrons. The molecule has 5 nitrogen and oxygen atoms in total. The monoisotopic (exact) mass is 273 g/mol. The SMILES string of the molecule is COCC(CCN)NC(=O)c1ccc2ncccc2c1. The average Bonchev–Trinajstić information content (AvgIpc) is 2.47. The number of nitrogens with two attached hydrogens (primary N) is 1. The minimum atomic E-state index is -0.119. The molecule has 20 heavy (non-hydrogen) atoms. The molecule has 2 rings (SSSR count). The fourth-order valence-electron chi connectivity index (χ4n) is 2.09. The standard InChI is InChI=1S/C15H19N3O2/c1-20-10-13(6-7-16)18-15(19)12-4-5-14-11(9-12)3-2-8-17-14/h2-5,8-9,13H,6-7,10,16H2,1H3,(H,18,19). The summed E-state index contributed by atoms with van der Waals surface area (Å²) in [5, 5.41) is 3.88. The number of fused-ring (bicyclic) bond motifs is 1. The van der Waals surface area contributed by atoms with Crippen molar-refractivity contribution < 1.29 is 9.53 Å². The first kappa shape index (κ1) is 14.4. The highest BCUT2D eigenvalue weighted by molar-refractivity contribution is 5.98. The first-order valence-corrected chi connectivity index (χ1v) is 6.59. The van der Waals surface area contributed by atoms with E-state index in [1.807, 2.05) is 24.3 Å². The van der Waals surface area contributed by atoms with Crippen LogP contribution in [0.4, 0.5) is 0 Å². The van der Waals surface area contributed by atoms with Crippen molar-refractivity contribution in [2.24, 2.45) is 5.73 Å². The molecule has 0 bridgehead atoms. The quantitative estimate of drug-likeness (QED) is 0.832. The first-order valence-electron chi connectivity index (χ1n) is 6.59. The molecule has 106 valence electrons. The lowest BCUT2D eigenvalue weighted by Gasteiger charge is -2.17. The number of hydrogen-bond donors (Lipinski definition) is 2. The van der Waals surface area contributed by atoms with Crippen LogP contribution in [0.25, 0.3) is 10.9 Å². The van der Waals surface area contributed by atoms with Crippen LogP contribution in [0, 0.1) is 0 Å². The van der Waals surface area contributed by atoms with Gasteiger partial charge >= 0.3 is 0 Å². The summed E-state index contributed by atoms with van der Waals surface area (Å²) in [5.41, 5.74) is 7.02. The third kappa shape index (κ3) is 3.53. The Hall–Kier alpha value is -1.98. The van der Waals surface area contributed by atoms with Crippen LogP contribution in [0.2, 0.25) is 0 Å². The zero-order chi connectivity index (χ0) is 14.4. The Kier molecular flexibility index (Phi) is 5.03. The second-order valence-corrected chi connectivity index (χ2v) is 4.61. The lowest BCUT2D eigenvalue weighted by atomic mass is 10.1. The highest BCUT2D eigenvalue weighted by Gasteiger charge is 2.13. The van der Waals surface area contributed by atoms with E-state index in [0.717, 1.165) is 10.9 Å². The maximum Gasteiger partial charge on any atom is 0.251 e. The van der Waals surface area contributed by atoms with Crippen LogP contribution >= 0.6 is 0 Å². The van der Waals surface area contributed by atoms with Crippen molar-refractivity contribution in [2.45, 2.75) is 12.5 Å². The zero-order valence-corrected chi connectivity index (χ0v) is 11.5. The number of nitrogens with zero attached hydrogens (tertiary/aromatic N) is 1. The second-order valence-electron chi connectivity index (χ2n) is 4.61. The molecule has 0 aliphatic carbocycles. The topological polar surface area (TPSA) is 77.2 Å². The third-order valence-electron chi connectivity index (χ3n) is 3.08. The van der Waals surface area contributed by atoms with Crippen LogP contribution in [0.15, 0.2) is 36.5 Å². The van der Waals surface area contributed by atoms with E-state index in [9.17, 15) is 4.79 Å². The summed E-state index contributed by atoms with van der Waals surface area (Å²) >= 11 is 0. The van der Waals surface area contributed by atoms with Crippen molar-refractivity contribution in [2.75, 3.05) is 20.3 Å². The predicted octanol–water partition coefficient (Wildman–Crippen LogP) is 1.33. The molecule has 5 heteroatoms. The van der Waals surface area contributed by atoms with E-state index in [-0.39, 0.29) is 11.9 Å². The number of rotatable bonds is 6. The van der Waals surface area contributed by atoms with Crippen molar-refractivity contribution in [3.63, 3.8) is 0 Å². The third-order valence-corrected chi connectivity index (χ3v) is 3.08. The first-order chi connectivity index (χ1) is 9.74. The molecule has 1 aromatic heterocycles. The summed E-state index contributed by atoms with van der Waals surface area (Å²) in [6.45, 7) is 0.966. The largest absolute Gasteiger partial charge is 0.383 e. The predicted molar refractivity (Wildman–Crippen MR) is 78.5 cm³/mol. The van der Waals surface area contributed by atoms with Gasteiger partial charge in [0.1, 0.15) is 0 Å². The Bertz CT molecular complexity index is 580. The van der Waals surface area contributed by atoms with Gasteiger partial charge in [0, 0.05) is 24.3 Å². The Balaban J connectivity index is 2.13. The van der Waals surface area contributed by atoms with Gasteiger partial charge in [0.2, 0.25) is 0 Å². The number of methoxy groups -OCH3 is 1. The van der Waals surface area contributed by atoms with Gasteiger partial charge in [0.15, 0.2) is 0 Å². The fraction of sp³-hybridized carbons (Fsp3) is 0.333. The molecule has 0 saturated heterocycles. The zero-order valence-electron chi connectivity index (χ0n) is 11.5. The van der Waals surface area contributed by atoms with E-state index in [0.29, 0.717) is 25.1 Å². The molecule has 1 amide bonds. The van der Waals surface area contributed by atoms with Gasteiger partial charge in [-0.1, -0.05) is 6.07 Å². The van der Waals surface area contributed by atoms with E-state index in [4.69, 9.17) is 10.5 Å². The van der Waals surface area contributed by atoms with Crippen molar-refractivity contribution in [3.8, 4) is 0 Å². The van der Waals surface area contributed by atoms with Crippen molar-refractivity contribution in [1.29, 1.82) is 0 Å². The summed E-state index contributed by atoms with van der Waals surface area (Å²) in [6, 6.07) is 9.18. The molecule has 0 spiro atoms. The molecule has 3 N–H and O–H groups in total. The number of nitrogens with one attached hydrogen (secondary N) is 1. The van der Waals surface area contributed by atoms with Crippen LogP contribution in [0.5, 0.6) is 0 Å². The minimum Gasteiger partial charge on any atom is -0.383 e. The van der Waals surface area contributed by atoms with Crippen molar-refractivity contribution in [3.05, 3.63) is 42.1 Å². The molecule has 2 aromatic rings. The van der Waals surface area contributed by atoms with Gasteiger partial charge in [-0.15, -0.1) is 0 Å². The number of amides is 1. The summed E-state index contributed by atoms with van der Waals surface area (Å²) in [4.78, 5) is 16.5. The number of carbonyl (C=O) groups is 1. The minimum absolute atomic E-state index is 0.0675. The Labute approximate surface area is 118 Å². The van der Waals surface area contributed by atoms with Gasteiger partial charge < -0.3 is 15.8 Å². The van der Waals surface area contributed by atoms with Gasteiger partial charge in [-0.25, -0.2) is 0 Å². The fourth-order valence-corrected chi connectivity index (χ4v) is 2.09. The summed E-state index contributed by atoms with van der Waals surface area (Å²) in [7, 11) is 1.61. The van der Waals surface area contributed by atoms with E-state index in [1.54, 1.807) is 19.4 Å². The van der Waals surface area contributed by atoms with Crippen LogP contribution in [-0.2, 0) is 4.74 Å². The van der Waals surface area contributed by atoms with E-state index in [1.165, 1.54) is 0 Å². The van der Waals surface area contributed by atoms with Crippen molar-refractivity contribution >= 4 is 16.8 Å². The molecule has 1 heterocycles. The maximum absolute atomic E-state index is 12.2. The van der Waals surface area contributed by atoms with Gasteiger partial charge in [-0.2, -0.15) is 0 Å². The molecular formula is C15H19N3O2. The number of pyridine rings is 1. The summed E-state index contributed by atoms with van der Waals surface area (Å²) in [5.74, 6) is -0.119. The molecule has 1 aromatic carbocycles. The molecular weight excluding hydrogens is 254 g/mol. The van der Waals surface area contributed by atoms with E-state index in [2.05, 4.69) is 10.3 Å². The molecule has 0 saturated carbocycles. The number of ether oxygens (including phenoxy) is 1. The number of benzene rings is 1. The lowest BCUT2D eigenvalue weighted by molar-refractivity contribution is 0.0893. The van der Waals surface area contributed by atoms with Crippen LogP contribution in [0.1, 0.15) is 16.8 Å².